The van der Waals surface area contributed by atoms with Crippen LogP contribution in [0.15, 0.2) is 60.7 Å². The number of carbonyl (C=O) groups is 3. The van der Waals surface area contributed by atoms with E-state index in [4.69, 9.17) is 15.2 Å². The number of aliphatic hydroxyl groups excluding tert-OH is 1. The highest BCUT2D eigenvalue weighted by Gasteiger charge is 2.29. The summed E-state index contributed by atoms with van der Waals surface area (Å²) in [5.41, 5.74) is 7.46. The van der Waals surface area contributed by atoms with Gasteiger partial charge in [0.1, 0.15) is 13.2 Å². The van der Waals surface area contributed by atoms with Crippen LogP contribution in [0, 0.1) is 0 Å². The van der Waals surface area contributed by atoms with Gasteiger partial charge in [0.15, 0.2) is 6.04 Å². The predicted octanol–water partition coefficient (Wildman–Crippen LogP) is 1.45. The third-order valence-electron chi connectivity index (χ3n) is 4.50. The Kier molecular flexibility index (Phi) is 9.67. The first-order chi connectivity index (χ1) is 14.9. The molecule has 4 N–H and O–H groups in total. The van der Waals surface area contributed by atoms with Crippen molar-refractivity contribution in [2.75, 3.05) is 0 Å². The van der Waals surface area contributed by atoms with Crippen molar-refractivity contribution in [1.29, 1.82) is 0 Å². The quantitative estimate of drug-likeness (QED) is 0.462. The molecule has 0 saturated carbocycles. The van der Waals surface area contributed by atoms with E-state index in [1.807, 2.05) is 36.4 Å². The first-order valence-corrected chi connectivity index (χ1v) is 10.0. The minimum Gasteiger partial charge on any atom is -0.461 e. The molecule has 8 heteroatoms. The Morgan fingerprint density at radius 1 is 0.935 bits per heavy atom. The first kappa shape index (κ1) is 24.0. The van der Waals surface area contributed by atoms with E-state index in [1.165, 1.54) is 6.92 Å². The smallest absolute Gasteiger partial charge is 0.331 e. The summed E-state index contributed by atoms with van der Waals surface area (Å²) in [6.07, 6.45) is -1.21. The third kappa shape index (κ3) is 8.57. The number of aliphatic hydroxyl groups is 1. The lowest BCUT2D eigenvalue weighted by molar-refractivity contribution is -0.152. The molecule has 0 bridgehead atoms. The molecule has 0 aliphatic rings. The third-order valence-corrected chi connectivity index (χ3v) is 4.50. The maximum absolute atomic E-state index is 12.3. The standard InChI is InChI=1S/C23H28N2O6/c1-16(26)21(23(29)31-15-18-10-6-3-7-11-18)25-22(28)19(24)12-13-20(27)30-14-17-8-4-2-5-9-17/h2-11,16,19,21,26H,12-15,24H2,1H3,(H,25,28)/t16?,19-,21-/m0/s1. The largest absolute Gasteiger partial charge is 0.461 e. The number of esters is 2. The van der Waals surface area contributed by atoms with Crippen LogP contribution in [-0.2, 0) is 37.1 Å². The van der Waals surface area contributed by atoms with Gasteiger partial charge in [-0.3, -0.25) is 9.59 Å². The molecule has 1 unspecified atom stereocenters. The zero-order valence-electron chi connectivity index (χ0n) is 17.4. The molecule has 166 valence electrons. The van der Waals surface area contributed by atoms with Gasteiger partial charge in [0, 0.05) is 6.42 Å². The van der Waals surface area contributed by atoms with Crippen LogP contribution in [0.3, 0.4) is 0 Å². The molecule has 0 radical (unpaired) electrons. The first-order valence-electron chi connectivity index (χ1n) is 10.0. The lowest BCUT2D eigenvalue weighted by atomic mass is 10.1. The number of hydrogen-bond donors (Lipinski definition) is 3. The second-order valence-electron chi connectivity index (χ2n) is 7.11. The van der Waals surface area contributed by atoms with Crippen molar-refractivity contribution >= 4 is 17.8 Å². The van der Waals surface area contributed by atoms with Crippen molar-refractivity contribution in [3.63, 3.8) is 0 Å². The topological polar surface area (TPSA) is 128 Å². The molecule has 1 amide bonds. The summed E-state index contributed by atoms with van der Waals surface area (Å²) in [7, 11) is 0. The van der Waals surface area contributed by atoms with Crippen LogP contribution in [0.4, 0.5) is 0 Å². The number of rotatable bonds is 11. The second-order valence-corrected chi connectivity index (χ2v) is 7.11. The van der Waals surface area contributed by atoms with E-state index >= 15 is 0 Å². The maximum atomic E-state index is 12.3. The highest BCUT2D eigenvalue weighted by molar-refractivity contribution is 5.88. The summed E-state index contributed by atoms with van der Waals surface area (Å²) >= 11 is 0. The number of nitrogens with one attached hydrogen (secondary N) is 1. The summed E-state index contributed by atoms with van der Waals surface area (Å²) in [6.45, 7) is 1.51. The molecule has 0 fully saturated rings. The number of amides is 1. The summed E-state index contributed by atoms with van der Waals surface area (Å²) < 4.78 is 10.3. The minimum absolute atomic E-state index is 0.0120. The average Bonchev–Trinajstić information content (AvgIpc) is 2.79. The molecule has 0 aliphatic heterocycles. The van der Waals surface area contributed by atoms with Gasteiger partial charge in [-0.15, -0.1) is 0 Å². The zero-order chi connectivity index (χ0) is 22.6. The molecular formula is C23H28N2O6. The van der Waals surface area contributed by atoms with Crippen LogP contribution < -0.4 is 11.1 Å². The van der Waals surface area contributed by atoms with Crippen LogP contribution in [0.2, 0.25) is 0 Å². The zero-order valence-corrected chi connectivity index (χ0v) is 17.4. The Labute approximate surface area is 181 Å². The van der Waals surface area contributed by atoms with Crippen molar-refractivity contribution in [1.82, 2.24) is 5.32 Å². The number of hydrogen-bond acceptors (Lipinski definition) is 7. The maximum Gasteiger partial charge on any atom is 0.331 e. The van der Waals surface area contributed by atoms with Crippen molar-refractivity contribution < 1.29 is 29.0 Å². The van der Waals surface area contributed by atoms with Crippen molar-refractivity contribution in [3.8, 4) is 0 Å². The van der Waals surface area contributed by atoms with Gasteiger partial charge in [0.25, 0.3) is 0 Å². The SMILES string of the molecule is CC(O)[C@H](NC(=O)[C@@H](N)CCC(=O)OCc1ccccc1)C(=O)OCc1ccccc1. The molecule has 0 heterocycles. The molecule has 2 aromatic rings. The lowest BCUT2D eigenvalue weighted by Gasteiger charge is -2.22. The van der Waals surface area contributed by atoms with Crippen LogP contribution in [0.1, 0.15) is 30.9 Å². The number of nitrogens with two attached hydrogens (primary N) is 1. The highest BCUT2D eigenvalue weighted by Crippen LogP contribution is 2.06. The summed E-state index contributed by atoms with van der Waals surface area (Å²) in [4.78, 5) is 36.5. The Bertz CT molecular complexity index is 842. The molecule has 0 saturated heterocycles. The van der Waals surface area contributed by atoms with Crippen LogP contribution >= 0.6 is 0 Å². The van der Waals surface area contributed by atoms with E-state index in [0.717, 1.165) is 11.1 Å². The summed E-state index contributed by atoms with van der Waals surface area (Å²) in [5, 5.41) is 12.3. The monoisotopic (exact) mass is 428 g/mol. The molecule has 3 atom stereocenters. The van der Waals surface area contributed by atoms with Crippen LogP contribution in [0.5, 0.6) is 0 Å². The molecule has 31 heavy (non-hydrogen) atoms. The normalized spacial score (nSPS) is 13.5. The molecule has 0 aliphatic carbocycles. The minimum atomic E-state index is -1.27. The van der Waals surface area contributed by atoms with E-state index in [-0.39, 0.29) is 26.1 Å². The van der Waals surface area contributed by atoms with E-state index < -0.39 is 36.0 Å². The Morgan fingerprint density at radius 2 is 1.45 bits per heavy atom. The fourth-order valence-corrected chi connectivity index (χ4v) is 2.67. The predicted molar refractivity (Wildman–Crippen MR) is 113 cm³/mol. The fraction of sp³-hybridized carbons (Fsp3) is 0.348. The van der Waals surface area contributed by atoms with Crippen LogP contribution in [-0.4, -0.2) is 41.1 Å². The number of benzene rings is 2. The molecule has 0 aromatic heterocycles. The Hall–Kier alpha value is -3.23. The van der Waals surface area contributed by atoms with Gasteiger partial charge in [-0.25, -0.2) is 4.79 Å². The Balaban J connectivity index is 1.77. The molecule has 8 nitrogen and oxygen atoms in total. The van der Waals surface area contributed by atoms with Crippen molar-refractivity contribution in [2.45, 2.75) is 51.2 Å². The summed E-state index contributed by atoms with van der Waals surface area (Å²) in [5.74, 6) is -1.93. The highest BCUT2D eigenvalue weighted by atomic mass is 16.5. The van der Waals surface area contributed by atoms with Crippen molar-refractivity contribution in [2.24, 2.45) is 5.73 Å². The van der Waals surface area contributed by atoms with Gasteiger partial charge >= 0.3 is 11.9 Å². The molecular weight excluding hydrogens is 400 g/mol. The fourth-order valence-electron chi connectivity index (χ4n) is 2.67. The van der Waals surface area contributed by atoms with Gasteiger partial charge in [0.05, 0.1) is 12.1 Å². The van der Waals surface area contributed by atoms with E-state index in [9.17, 15) is 19.5 Å². The number of ether oxygens (including phenoxy) is 2. The summed E-state index contributed by atoms with van der Waals surface area (Å²) in [6, 6.07) is 15.9. The van der Waals surface area contributed by atoms with Gasteiger partial charge in [-0.2, -0.15) is 0 Å². The van der Waals surface area contributed by atoms with Gasteiger partial charge in [0.2, 0.25) is 5.91 Å². The van der Waals surface area contributed by atoms with Gasteiger partial charge in [-0.05, 0) is 24.5 Å². The number of carbonyl (C=O) groups excluding carboxylic acids is 3. The Morgan fingerprint density at radius 3 is 1.97 bits per heavy atom. The second kappa shape index (κ2) is 12.5. The molecule has 2 aromatic carbocycles. The van der Waals surface area contributed by atoms with Gasteiger partial charge in [-0.1, -0.05) is 60.7 Å². The van der Waals surface area contributed by atoms with E-state index in [2.05, 4.69) is 5.32 Å². The molecule has 0 spiro atoms. The van der Waals surface area contributed by atoms with Gasteiger partial charge < -0.3 is 25.6 Å². The van der Waals surface area contributed by atoms with Crippen molar-refractivity contribution in [3.05, 3.63) is 71.8 Å². The van der Waals surface area contributed by atoms with E-state index in [1.54, 1.807) is 24.3 Å². The van der Waals surface area contributed by atoms with E-state index in [0.29, 0.717) is 0 Å². The molecule has 2 rings (SSSR count). The van der Waals surface area contributed by atoms with Crippen LogP contribution in [0.25, 0.3) is 0 Å². The average molecular weight is 428 g/mol. The lowest BCUT2D eigenvalue weighted by Crippen LogP contribution is -2.53.